The normalized spacial score (nSPS) is 22.2. The molecule has 4 rings (SSSR count). The molecule has 7 heteroatoms. The quantitative estimate of drug-likeness (QED) is 0.804. The molecule has 2 aromatic rings. The molecule has 0 amide bonds. The van der Waals surface area contributed by atoms with Crippen LogP contribution < -0.4 is 5.32 Å². The number of carbonyl (C=O) groups is 1. The van der Waals surface area contributed by atoms with E-state index in [1.807, 2.05) is 6.07 Å². The number of rotatable bonds is 5. The summed E-state index contributed by atoms with van der Waals surface area (Å²) in [6, 6.07) is 6.38. The minimum Gasteiger partial charge on any atom is -0.381 e. The third-order valence-electron chi connectivity index (χ3n) is 5.78. The third-order valence-corrected chi connectivity index (χ3v) is 7.07. The van der Waals surface area contributed by atoms with Gasteiger partial charge in [-0.05, 0) is 63.3 Å². The summed E-state index contributed by atoms with van der Waals surface area (Å²) >= 11 is 7.66. The first kappa shape index (κ1) is 19.1. The van der Waals surface area contributed by atoms with Crippen molar-refractivity contribution in [3.63, 3.8) is 0 Å². The largest absolute Gasteiger partial charge is 0.381 e. The van der Waals surface area contributed by atoms with Crippen LogP contribution in [0.1, 0.15) is 59.7 Å². The van der Waals surface area contributed by atoms with Crippen molar-refractivity contribution in [3.05, 3.63) is 38.8 Å². The molecule has 0 aromatic carbocycles. The molecule has 5 nitrogen and oxygen atoms in total. The molecular weight excluding hydrogens is 382 g/mol. The summed E-state index contributed by atoms with van der Waals surface area (Å²) in [7, 11) is 0. The SMILES string of the molecule is CC1(C(=O)n2nc(C3CCCN3)cc2CCc2ccc(Cl)s2)CCOCC1. The summed E-state index contributed by atoms with van der Waals surface area (Å²) in [6.07, 6.45) is 5.40. The predicted octanol–water partition coefficient (Wildman–Crippen LogP) is 4.26. The van der Waals surface area contributed by atoms with E-state index in [2.05, 4.69) is 24.4 Å². The molecule has 0 radical (unpaired) electrons. The maximum atomic E-state index is 13.4. The fourth-order valence-corrected chi connectivity index (χ4v) is 5.02. The van der Waals surface area contributed by atoms with Crippen LogP contribution in [0.25, 0.3) is 0 Å². The van der Waals surface area contributed by atoms with E-state index in [1.165, 1.54) is 4.88 Å². The molecule has 2 aliphatic heterocycles. The Morgan fingerprint density at radius 1 is 1.41 bits per heavy atom. The highest BCUT2D eigenvalue weighted by atomic mass is 35.5. The molecule has 1 atom stereocenters. The topological polar surface area (TPSA) is 56.2 Å². The van der Waals surface area contributed by atoms with Crippen molar-refractivity contribution < 1.29 is 9.53 Å². The summed E-state index contributed by atoms with van der Waals surface area (Å²) in [5.41, 5.74) is 1.60. The number of halogens is 1. The number of hydrogen-bond acceptors (Lipinski definition) is 5. The number of thiophene rings is 1. The van der Waals surface area contributed by atoms with Crippen LogP contribution in [0, 0.1) is 5.41 Å². The van der Waals surface area contributed by atoms with Crippen LogP contribution in [0.4, 0.5) is 0 Å². The second-order valence-electron chi connectivity index (χ2n) is 7.81. The van der Waals surface area contributed by atoms with E-state index in [1.54, 1.807) is 16.0 Å². The Morgan fingerprint density at radius 2 is 2.22 bits per heavy atom. The number of carbonyl (C=O) groups excluding carboxylic acids is 1. The minimum atomic E-state index is -0.397. The molecule has 0 spiro atoms. The van der Waals surface area contributed by atoms with Crippen LogP contribution in [0.5, 0.6) is 0 Å². The van der Waals surface area contributed by atoms with E-state index in [4.69, 9.17) is 21.4 Å². The van der Waals surface area contributed by atoms with E-state index in [9.17, 15) is 4.79 Å². The average molecular weight is 408 g/mol. The van der Waals surface area contributed by atoms with Gasteiger partial charge in [0, 0.05) is 23.8 Å². The molecule has 0 bridgehead atoms. The molecule has 0 aliphatic carbocycles. The van der Waals surface area contributed by atoms with Gasteiger partial charge in [-0.1, -0.05) is 18.5 Å². The van der Waals surface area contributed by atoms with Crippen LogP contribution in [-0.2, 0) is 17.6 Å². The van der Waals surface area contributed by atoms with Gasteiger partial charge < -0.3 is 10.1 Å². The lowest BCUT2D eigenvalue weighted by Gasteiger charge is -2.31. The third kappa shape index (κ3) is 4.14. The van der Waals surface area contributed by atoms with E-state index in [-0.39, 0.29) is 11.9 Å². The van der Waals surface area contributed by atoms with Crippen molar-refractivity contribution in [1.82, 2.24) is 15.1 Å². The van der Waals surface area contributed by atoms with Gasteiger partial charge in [-0.15, -0.1) is 11.3 Å². The van der Waals surface area contributed by atoms with Gasteiger partial charge in [0.1, 0.15) is 0 Å². The predicted molar refractivity (Wildman–Crippen MR) is 108 cm³/mol. The molecule has 2 aliphatic rings. The molecule has 1 unspecified atom stereocenters. The van der Waals surface area contributed by atoms with E-state index in [0.29, 0.717) is 13.2 Å². The Labute approximate surface area is 169 Å². The fourth-order valence-electron chi connectivity index (χ4n) is 3.93. The molecule has 4 heterocycles. The summed E-state index contributed by atoms with van der Waals surface area (Å²) in [4.78, 5) is 14.6. The average Bonchev–Trinajstić information content (AvgIpc) is 3.40. The van der Waals surface area contributed by atoms with Crippen molar-refractivity contribution in [2.75, 3.05) is 19.8 Å². The Bertz CT molecular complexity index is 804. The number of ether oxygens (including phenoxy) is 1. The Morgan fingerprint density at radius 3 is 2.89 bits per heavy atom. The number of aromatic nitrogens is 2. The van der Waals surface area contributed by atoms with E-state index in [0.717, 1.165) is 60.8 Å². The standard InChI is InChI=1S/C20H26ClN3O2S/c1-20(8-11-26-12-9-20)19(25)24-14(4-5-15-6-7-18(21)27-15)13-17(23-24)16-3-2-10-22-16/h6-7,13,16,22H,2-5,8-12H2,1H3. The monoisotopic (exact) mass is 407 g/mol. The Balaban J connectivity index is 1.60. The smallest absolute Gasteiger partial charge is 0.253 e. The molecule has 146 valence electrons. The maximum Gasteiger partial charge on any atom is 0.253 e. The molecule has 2 fully saturated rings. The molecule has 27 heavy (non-hydrogen) atoms. The zero-order chi connectivity index (χ0) is 18.9. The van der Waals surface area contributed by atoms with E-state index >= 15 is 0 Å². The lowest BCUT2D eigenvalue weighted by atomic mass is 9.81. The van der Waals surface area contributed by atoms with Crippen LogP contribution in [0.2, 0.25) is 4.34 Å². The Hall–Kier alpha value is -1.21. The number of nitrogens with one attached hydrogen (secondary N) is 1. The summed E-state index contributed by atoms with van der Waals surface area (Å²) < 4.78 is 7.97. The van der Waals surface area contributed by atoms with Gasteiger partial charge in [-0.3, -0.25) is 4.79 Å². The summed E-state index contributed by atoms with van der Waals surface area (Å²) in [6.45, 7) is 4.35. The van der Waals surface area contributed by atoms with Crippen molar-refractivity contribution >= 4 is 28.8 Å². The first-order valence-corrected chi connectivity index (χ1v) is 10.9. The van der Waals surface area contributed by atoms with Gasteiger partial charge in [0.25, 0.3) is 5.91 Å². The summed E-state index contributed by atoms with van der Waals surface area (Å²) in [5.74, 6) is 0.106. The second kappa shape index (κ2) is 8.03. The van der Waals surface area contributed by atoms with Crippen molar-refractivity contribution in [1.29, 1.82) is 0 Å². The Kier molecular flexibility index (Phi) is 5.69. The first-order valence-electron chi connectivity index (χ1n) is 9.74. The first-order chi connectivity index (χ1) is 13.0. The zero-order valence-corrected chi connectivity index (χ0v) is 17.2. The maximum absolute atomic E-state index is 13.4. The molecule has 2 aromatic heterocycles. The van der Waals surface area contributed by atoms with Gasteiger partial charge >= 0.3 is 0 Å². The number of nitrogens with zero attached hydrogens (tertiary/aromatic N) is 2. The lowest BCUT2D eigenvalue weighted by molar-refractivity contribution is 0.0164. The van der Waals surface area contributed by atoms with Gasteiger partial charge in [0.05, 0.1) is 21.5 Å². The van der Waals surface area contributed by atoms with Crippen LogP contribution >= 0.6 is 22.9 Å². The summed E-state index contributed by atoms with van der Waals surface area (Å²) in [5, 5.41) is 8.27. The van der Waals surface area contributed by atoms with Crippen molar-refractivity contribution in [2.45, 2.75) is 51.5 Å². The van der Waals surface area contributed by atoms with Gasteiger partial charge in [-0.2, -0.15) is 5.10 Å². The second-order valence-corrected chi connectivity index (χ2v) is 9.60. The number of hydrogen-bond donors (Lipinski definition) is 1. The molecular formula is C20H26ClN3O2S. The molecule has 1 N–H and O–H groups in total. The fraction of sp³-hybridized carbons (Fsp3) is 0.600. The van der Waals surface area contributed by atoms with Crippen LogP contribution in [0.3, 0.4) is 0 Å². The highest BCUT2D eigenvalue weighted by Gasteiger charge is 2.38. The highest BCUT2D eigenvalue weighted by molar-refractivity contribution is 7.16. The molecule has 2 saturated heterocycles. The van der Waals surface area contributed by atoms with Crippen LogP contribution in [0.15, 0.2) is 18.2 Å². The van der Waals surface area contributed by atoms with E-state index < -0.39 is 5.41 Å². The number of aryl methyl sites for hydroxylation is 2. The zero-order valence-electron chi connectivity index (χ0n) is 15.7. The van der Waals surface area contributed by atoms with Crippen LogP contribution in [-0.4, -0.2) is 35.4 Å². The highest BCUT2D eigenvalue weighted by Crippen LogP contribution is 2.33. The van der Waals surface area contributed by atoms with Crippen molar-refractivity contribution in [2.24, 2.45) is 5.41 Å². The van der Waals surface area contributed by atoms with Gasteiger partial charge in [-0.25, -0.2) is 4.68 Å². The minimum absolute atomic E-state index is 0.106. The van der Waals surface area contributed by atoms with Gasteiger partial charge in [0.2, 0.25) is 0 Å². The molecule has 0 saturated carbocycles. The lowest BCUT2D eigenvalue weighted by Crippen LogP contribution is -2.39. The van der Waals surface area contributed by atoms with Gasteiger partial charge in [0.15, 0.2) is 0 Å². The van der Waals surface area contributed by atoms with Crippen molar-refractivity contribution in [3.8, 4) is 0 Å².